The first-order chi connectivity index (χ1) is 9.49. The highest BCUT2D eigenvalue weighted by molar-refractivity contribution is 9.10. The van der Waals surface area contributed by atoms with Crippen molar-refractivity contribution in [3.05, 3.63) is 33.3 Å². The molecule has 1 N–H and O–H groups in total. The van der Waals surface area contributed by atoms with E-state index in [1.807, 2.05) is 13.8 Å². The molecule has 2 amide bonds. The van der Waals surface area contributed by atoms with Crippen molar-refractivity contribution in [3.63, 3.8) is 0 Å². The summed E-state index contributed by atoms with van der Waals surface area (Å²) in [7, 11) is 0. The minimum atomic E-state index is -0.221. The predicted octanol–water partition coefficient (Wildman–Crippen LogP) is 3.09. The molecule has 0 spiro atoms. The summed E-state index contributed by atoms with van der Waals surface area (Å²) in [6, 6.07) is 4.97. The number of carbonyl (C=O) groups is 2. The van der Waals surface area contributed by atoms with Crippen molar-refractivity contribution in [1.29, 1.82) is 0 Å². The molecule has 0 atom stereocenters. The zero-order chi connectivity index (χ0) is 15.1. The molecule has 0 saturated carbocycles. The van der Waals surface area contributed by atoms with E-state index < -0.39 is 0 Å². The van der Waals surface area contributed by atoms with Crippen LogP contribution < -0.4 is 5.32 Å². The van der Waals surface area contributed by atoms with Gasteiger partial charge < -0.3 is 10.2 Å². The van der Waals surface area contributed by atoms with Gasteiger partial charge in [-0.1, -0.05) is 11.6 Å². The van der Waals surface area contributed by atoms with Gasteiger partial charge in [0.2, 0.25) is 5.91 Å². The highest BCUT2D eigenvalue weighted by Gasteiger charge is 2.12. The minimum absolute atomic E-state index is 0.0467. The molecule has 0 radical (unpaired) electrons. The maximum atomic E-state index is 12.0. The van der Waals surface area contributed by atoms with Gasteiger partial charge in [-0.2, -0.15) is 0 Å². The fourth-order valence-electron chi connectivity index (χ4n) is 1.79. The van der Waals surface area contributed by atoms with Crippen LogP contribution in [0.4, 0.5) is 0 Å². The third-order valence-electron chi connectivity index (χ3n) is 2.92. The molecule has 0 fully saturated rings. The van der Waals surface area contributed by atoms with E-state index in [0.29, 0.717) is 41.1 Å². The van der Waals surface area contributed by atoms with E-state index in [2.05, 4.69) is 21.2 Å². The van der Waals surface area contributed by atoms with Crippen molar-refractivity contribution in [2.45, 2.75) is 20.3 Å². The Morgan fingerprint density at radius 1 is 1.30 bits per heavy atom. The van der Waals surface area contributed by atoms with E-state index in [1.165, 1.54) is 0 Å². The van der Waals surface area contributed by atoms with Crippen LogP contribution in [-0.2, 0) is 4.79 Å². The van der Waals surface area contributed by atoms with Crippen LogP contribution in [-0.4, -0.2) is 36.3 Å². The predicted molar refractivity (Wildman–Crippen MR) is 84.0 cm³/mol. The van der Waals surface area contributed by atoms with Crippen LogP contribution in [0.25, 0.3) is 0 Å². The number of carbonyl (C=O) groups excluding carboxylic acids is 2. The summed E-state index contributed by atoms with van der Waals surface area (Å²) in [6.45, 7) is 5.57. The first-order valence-electron chi connectivity index (χ1n) is 6.50. The molecule has 0 aliphatic carbocycles. The van der Waals surface area contributed by atoms with Crippen LogP contribution in [0.2, 0.25) is 5.02 Å². The molecule has 0 saturated heterocycles. The lowest BCUT2D eigenvalue weighted by Crippen LogP contribution is -2.34. The SMILES string of the molecule is CCN(CC)C(=O)CCNC(=O)c1ccc(Cl)cc1Br. The maximum Gasteiger partial charge on any atom is 0.252 e. The number of rotatable bonds is 6. The summed E-state index contributed by atoms with van der Waals surface area (Å²) >= 11 is 9.12. The van der Waals surface area contributed by atoms with Crippen molar-refractivity contribution in [1.82, 2.24) is 10.2 Å². The molecule has 0 unspecified atom stereocenters. The number of halogens is 2. The zero-order valence-electron chi connectivity index (χ0n) is 11.6. The van der Waals surface area contributed by atoms with Crippen LogP contribution in [0.15, 0.2) is 22.7 Å². The molecule has 0 aliphatic heterocycles. The fourth-order valence-corrected chi connectivity index (χ4v) is 2.65. The lowest BCUT2D eigenvalue weighted by Gasteiger charge is -2.18. The van der Waals surface area contributed by atoms with Crippen molar-refractivity contribution in [2.24, 2.45) is 0 Å². The lowest BCUT2D eigenvalue weighted by molar-refractivity contribution is -0.130. The zero-order valence-corrected chi connectivity index (χ0v) is 13.9. The van der Waals surface area contributed by atoms with E-state index in [9.17, 15) is 9.59 Å². The third-order valence-corrected chi connectivity index (χ3v) is 3.81. The molecule has 110 valence electrons. The van der Waals surface area contributed by atoms with Crippen LogP contribution >= 0.6 is 27.5 Å². The monoisotopic (exact) mass is 360 g/mol. The van der Waals surface area contributed by atoms with E-state index in [0.717, 1.165) is 0 Å². The van der Waals surface area contributed by atoms with Crippen molar-refractivity contribution in [3.8, 4) is 0 Å². The number of nitrogens with one attached hydrogen (secondary N) is 1. The van der Waals surface area contributed by atoms with Gasteiger partial charge in [0.15, 0.2) is 0 Å². The maximum absolute atomic E-state index is 12.0. The second-order valence-electron chi connectivity index (χ2n) is 4.20. The standard InChI is InChI=1S/C14H18BrClN2O2/c1-3-18(4-2)13(19)7-8-17-14(20)11-6-5-10(16)9-12(11)15/h5-6,9H,3-4,7-8H2,1-2H3,(H,17,20). The fraction of sp³-hybridized carbons (Fsp3) is 0.429. The second-order valence-corrected chi connectivity index (χ2v) is 5.49. The van der Waals surface area contributed by atoms with Crippen LogP contribution in [0.1, 0.15) is 30.6 Å². The van der Waals surface area contributed by atoms with E-state index >= 15 is 0 Å². The van der Waals surface area contributed by atoms with Gasteiger partial charge in [0, 0.05) is 35.6 Å². The highest BCUT2D eigenvalue weighted by atomic mass is 79.9. The molecule has 1 aromatic carbocycles. The topological polar surface area (TPSA) is 49.4 Å². The Morgan fingerprint density at radius 2 is 1.95 bits per heavy atom. The minimum Gasteiger partial charge on any atom is -0.351 e. The highest BCUT2D eigenvalue weighted by Crippen LogP contribution is 2.21. The lowest BCUT2D eigenvalue weighted by atomic mass is 10.2. The van der Waals surface area contributed by atoms with Gasteiger partial charge in [-0.3, -0.25) is 9.59 Å². The van der Waals surface area contributed by atoms with Crippen LogP contribution in [0.5, 0.6) is 0 Å². The van der Waals surface area contributed by atoms with Gasteiger partial charge in [-0.25, -0.2) is 0 Å². The van der Waals surface area contributed by atoms with Gasteiger partial charge in [-0.15, -0.1) is 0 Å². The Kier molecular flexibility index (Phi) is 7.02. The number of hydrogen-bond acceptors (Lipinski definition) is 2. The molecule has 1 aromatic rings. The molecular weight excluding hydrogens is 344 g/mol. The summed E-state index contributed by atoms with van der Waals surface area (Å²) in [6.07, 6.45) is 0.304. The van der Waals surface area contributed by atoms with Gasteiger partial charge in [0.05, 0.1) is 5.56 Å². The Balaban J connectivity index is 2.50. The van der Waals surface area contributed by atoms with E-state index in [4.69, 9.17) is 11.6 Å². The summed E-state index contributed by atoms with van der Waals surface area (Å²) in [5.74, 6) is -0.175. The third kappa shape index (κ3) is 4.80. The number of amides is 2. The Hall–Kier alpha value is -1.07. The average molecular weight is 362 g/mol. The Labute approximate surface area is 132 Å². The van der Waals surface area contributed by atoms with Gasteiger partial charge in [-0.05, 0) is 48.0 Å². The molecule has 20 heavy (non-hydrogen) atoms. The van der Waals surface area contributed by atoms with Gasteiger partial charge in [0.1, 0.15) is 0 Å². The first-order valence-corrected chi connectivity index (χ1v) is 7.67. The second kappa shape index (κ2) is 8.27. The Bertz CT molecular complexity index is 490. The summed E-state index contributed by atoms with van der Waals surface area (Å²) in [5, 5.41) is 3.29. The normalized spacial score (nSPS) is 10.2. The molecular formula is C14H18BrClN2O2. The van der Waals surface area contributed by atoms with Crippen molar-refractivity contribution < 1.29 is 9.59 Å². The average Bonchev–Trinajstić information content (AvgIpc) is 2.39. The number of hydrogen-bond donors (Lipinski definition) is 1. The molecule has 1 rings (SSSR count). The molecule has 0 heterocycles. The van der Waals surface area contributed by atoms with Gasteiger partial charge in [0.25, 0.3) is 5.91 Å². The largest absolute Gasteiger partial charge is 0.351 e. The smallest absolute Gasteiger partial charge is 0.252 e. The quantitative estimate of drug-likeness (QED) is 0.846. The molecule has 0 bridgehead atoms. The van der Waals surface area contributed by atoms with Crippen molar-refractivity contribution >= 4 is 39.3 Å². The number of benzene rings is 1. The Morgan fingerprint density at radius 3 is 2.50 bits per heavy atom. The summed E-state index contributed by atoms with van der Waals surface area (Å²) in [4.78, 5) is 25.5. The van der Waals surface area contributed by atoms with Crippen LogP contribution in [0, 0.1) is 0 Å². The van der Waals surface area contributed by atoms with E-state index in [1.54, 1.807) is 23.1 Å². The van der Waals surface area contributed by atoms with E-state index in [-0.39, 0.29) is 11.8 Å². The van der Waals surface area contributed by atoms with Gasteiger partial charge >= 0.3 is 0 Å². The molecule has 0 aliphatic rings. The summed E-state index contributed by atoms with van der Waals surface area (Å²) < 4.78 is 0.637. The molecule has 6 heteroatoms. The molecule has 4 nitrogen and oxygen atoms in total. The summed E-state index contributed by atoms with van der Waals surface area (Å²) in [5.41, 5.74) is 0.504. The first kappa shape index (κ1) is 17.0. The van der Waals surface area contributed by atoms with Crippen LogP contribution in [0.3, 0.4) is 0 Å². The van der Waals surface area contributed by atoms with Crippen molar-refractivity contribution in [2.75, 3.05) is 19.6 Å². The molecule has 0 aromatic heterocycles. The number of nitrogens with zero attached hydrogens (tertiary/aromatic N) is 1.